The lowest BCUT2D eigenvalue weighted by Gasteiger charge is -2.32. The van der Waals surface area contributed by atoms with Gasteiger partial charge in [0.05, 0.1) is 5.56 Å². The van der Waals surface area contributed by atoms with Gasteiger partial charge in [-0.15, -0.1) is 37.2 Å². The van der Waals surface area contributed by atoms with Crippen LogP contribution >= 0.6 is 37.2 Å². The Bertz CT molecular complexity index is 454. The molecule has 1 saturated heterocycles. The number of carbonyl (C=O) groups excluding carboxylic acids is 1. The summed E-state index contributed by atoms with van der Waals surface area (Å²) >= 11 is 0. The molecule has 1 fully saturated rings. The lowest BCUT2D eigenvalue weighted by Crippen LogP contribution is -2.45. The number of benzene rings is 1. The molecule has 0 aliphatic carbocycles. The summed E-state index contributed by atoms with van der Waals surface area (Å²) in [4.78, 5) is 16.7. The summed E-state index contributed by atoms with van der Waals surface area (Å²) in [5.41, 5.74) is 6.88. The van der Waals surface area contributed by atoms with Crippen molar-refractivity contribution in [1.29, 1.82) is 0 Å². The normalized spacial score (nSPS) is 14.8. The van der Waals surface area contributed by atoms with Crippen LogP contribution in [0.3, 0.4) is 0 Å². The van der Waals surface area contributed by atoms with Crippen LogP contribution in [0.5, 0.6) is 0 Å². The Kier molecular flexibility index (Phi) is 13.5. The fraction of sp³-hybridized carbons (Fsp3) is 0.533. The number of anilines is 1. The van der Waals surface area contributed by atoms with Crippen molar-refractivity contribution in [1.82, 2.24) is 15.1 Å². The van der Waals surface area contributed by atoms with Crippen LogP contribution in [-0.4, -0.2) is 62.0 Å². The van der Waals surface area contributed by atoms with Crippen molar-refractivity contribution in [2.75, 3.05) is 52.0 Å². The number of hydrogen-bond acceptors (Lipinski definition) is 4. The van der Waals surface area contributed by atoms with Gasteiger partial charge < -0.3 is 20.9 Å². The van der Waals surface area contributed by atoms with Gasteiger partial charge in [0.15, 0.2) is 0 Å². The monoisotopic (exact) mass is 384 g/mol. The maximum absolute atomic E-state index is 11.9. The lowest BCUT2D eigenvalue weighted by atomic mass is 10.1. The van der Waals surface area contributed by atoms with Crippen LogP contribution in [0, 0.1) is 0 Å². The summed E-state index contributed by atoms with van der Waals surface area (Å²) in [5.74, 6) is -0.0820. The molecule has 1 amide bonds. The highest BCUT2D eigenvalue weighted by atomic mass is 35.5. The van der Waals surface area contributed by atoms with Crippen molar-refractivity contribution in [3.63, 3.8) is 0 Å². The van der Waals surface area contributed by atoms with E-state index in [1.54, 1.807) is 12.1 Å². The Morgan fingerprint density at radius 2 is 1.74 bits per heavy atom. The van der Waals surface area contributed by atoms with Crippen LogP contribution in [0.2, 0.25) is 0 Å². The van der Waals surface area contributed by atoms with Crippen molar-refractivity contribution in [2.24, 2.45) is 0 Å². The Morgan fingerprint density at radius 3 is 2.35 bits per heavy atom. The van der Waals surface area contributed by atoms with Gasteiger partial charge in [-0.2, -0.15) is 0 Å². The van der Waals surface area contributed by atoms with Crippen molar-refractivity contribution in [3.05, 3.63) is 29.8 Å². The molecule has 3 N–H and O–H groups in total. The largest absolute Gasteiger partial charge is 0.398 e. The van der Waals surface area contributed by atoms with Gasteiger partial charge in [0, 0.05) is 38.4 Å². The molecule has 0 saturated carbocycles. The number of para-hydroxylation sites is 1. The fourth-order valence-corrected chi connectivity index (χ4v) is 2.38. The van der Waals surface area contributed by atoms with Gasteiger partial charge in [-0.25, -0.2) is 0 Å². The van der Waals surface area contributed by atoms with E-state index in [0.29, 0.717) is 17.8 Å². The number of piperazine rings is 1. The minimum absolute atomic E-state index is 0. The molecule has 1 aromatic rings. The highest BCUT2D eigenvalue weighted by molar-refractivity contribution is 5.99. The Labute approximate surface area is 157 Å². The molecule has 0 bridgehead atoms. The van der Waals surface area contributed by atoms with E-state index in [4.69, 9.17) is 5.73 Å². The molecule has 2 rings (SSSR count). The third kappa shape index (κ3) is 8.08. The molecule has 5 nitrogen and oxygen atoms in total. The first-order valence-electron chi connectivity index (χ1n) is 7.20. The van der Waals surface area contributed by atoms with E-state index in [1.165, 1.54) is 0 Å². The molecule has 8 heteroatoms. The Balaban J connectivity index is 0. The van der Waals surface area contributed by atoms with Crippen LogP contribution in [0.4, 0.5) is 5.69 Å². The fourth-order valence-electron chi connectivity index (χ4n) is 2.38. The van der Waals surface area contributed by atoms with E-state index in [0.717, 1.165) is 39.1 Å². The standard InChI is InChI=1S/C15H24N4O.3ClH/c1-18-9-11-19(12-10-18)8-4-7-17-15(20)13-5-2-3-6-14(13)16;;;/h2-3,5-6H,4,7-12,16H2,1H3,(H,17,20);3*1H. The Morgan fingerprint density at radius 1 is 1.13 bits per heavy atom. The summed E-state index contributed by atoms with van der Waals surface area (Å²) in [5, 5.41) is 2.93. The molecule has 1 heterocycles. The van der Waals surface area contributed by atoms with Gasteiger partial charge in [0.25, 0.3) is 5.91 Å². The van der Waals surface area contributed by atoms with Crippen LogP contribution in [0.15, 0.2) is 24.3 Å². The van der Waals surface area contributed by atoms with Gasteiger partial charge >= 0.3 is 0 Å². The first-order valence-corrected chi connectivity index (χ1v) is 7.20. The van der Waals surface area contributed by atoms with Crippen LogP contribution < -0.4 is 11.1 Å². The molecule has 0 spiro atoms. The quantitative estimate of drug-likeness (QED) is 0.600. The zero-order valence-corrected chi connectivity index (χ0v) is 15.8. The third-order valence-corrected chi connectivity index (χ3v) is 3.74. The highest BCUT2D eigenvalue weighted by Gasteiger charge is 2.13. The molecule has 0 atom stereocenters. The third-order valence-electron chi connectivity index (χ3n) is 3.74. The molecule has 23 heavy (non-hydrogen) atoms. The second-order valence-corrected chi connectivity index (χ2v) is 5.34. The number of nitrogens with zero attached hydrogens (tertiary/aromatic N) is 2. The predicted molar refractivity (Wildman–Crippen MR) is 103 cm³/mol. The zero-order valence-electron chi connectivity index (χ0n) is 13.4. The minimum atomic E-state index is -0.0820. The number of halogens is 3. The zero-order chi connectivity index (χ0) is 14.4. The van der Waals surface area contributed by atoms with E-state index in [9.17, 15) is 4.79 Å². The van der Waals surface area contributed by atoms with E-state index in [2.05, 4.69) is 22.2 Å². The topological polar surface area (TPSA) is 61.6 Å². The number of likely N-dealkylation sites (N-methyl/N-ethyl adjacent to an activating group) is 1. The second-order valence-electron chi connectivity index (χ2n) is 5.34. The van der Waals surface area contributed by atoms with Gasteiger partial charge in [-0.1, -0.05) is 12.1 Å². The maximum atomic E-state index is 11.9. The number of nitrogens with two attached hydrogens (primary N) is 1. The van der Waals surface area contributed by atoms with Gasteiger partial charge in [-0.3, -0.25) is 4.79 Å². The molecule has 1 aliphatic rings. The SMILES string of the molecule is CN1CCN(CCCNC(=O)c2ccccc2N)CC1.Cl.Cl.Cl. The lowest BCUT2D eigenvalue weighted by molar-refractivity contribution is 0.0950. The predicted octanol–water partition coefficient (Wildman–Crippen LogP) is 1.90. The molecule has 134 valence electrons. The number of hydrogen-bond donors (Lipinski definition) is 2. The molecule has 0 aromatic heterocycles. The van der Waals surface area contributed by atoms with Crippen molar-refractivity contribution in [3.8, 4) is 0 Å². The molecule has 1 aromatic carbocycles. The number of carbonyl (C=O) groups is 1. The summed E-state index contributed by atoms with van der Waals surface area (Å²) in [7, 11) is 2.15. The van der Waals surface area contributed by atoms with E-state index < -0.39 is 0 Å². The number of rotatable bonds is 5. The maximum Gasteiger partial charge on any atom is 0.253 e. The number of nitrogens with one attached hydrogen (secondary N) is 1. The minimum Gasteiger partial charge on any atom is -0.398 e. The Hall–Kier alpha value is -0.720. The summed E-state index contributed by atoms with van der Waals surface area (Å²) in [6.45, 7) is 6.24. The van der Waals surface area contributed by atoms with Gasteiger partial charge in [0.1, 0.15) is 0 Å². The van der Waals surface area contributed by atoms with Gasteiger partial charge in [-0.05, 0) is 32.1 Å². The van der Waals surface area contributed by atoms with E-state index in [-0.39, 0.29) is 43.1 Å². The van der Waals surface area contributed by atoms with Crippen molar-refractivity contribution in [2.45, 2.75) is 6.42 Å². The number of amides is 1. The summed E-state index contributed by atoms with van der Waals surface area (Å²) < 4.78 is 0. The summed E-state index contributed by atoms with van der Waals surface area (Å²) in [6.07, 6.45) is 0.974. The van der Waals surface area contributed by atoms with Crippen molar-refractivity contribution < 1.29 is 4.79 Å². The molecule has 0 unspecified atom stereocenters. The van der Waals surface area contributed by atoms with Crippen molar-refractivity contribution >= 4 is 48.8 Å². The van der Waals surface area contributed by atoms with E-state index in [1.807, 2.05) is 12.1 Å². The van der Waals surface area contributed by atoms with Crippen LogP contribution in [0.1, 0.15) is 16.8 Å². The molecular weight excluding hydrogens is 359 g/mol. The molecule has 1 aliphatic heterocycles. The number of nitrogen functional groups attached to an aromatic ring is 1. The van der Waals surface area contributed by atoms with Crippen LogP contribution in [0.25, 0.3) is 0 Å². The summed E-state index contributed by atoms with van der Waals surface area (Å²) in [6, 6.07) is 7.17. The molecule has 0 radical (unpaired) electrons. The first-order chi connectivity index (χ1) is 9.66. The average Bonchev–Trinajstić information content (AvgIpc) is 2.46. The van der Waals surface area contributed by atoms with Crippen LogP contribution in [-0.2, 0) is 0 Å². The second kappa shape index (κ2) is 12.7. The van der Waals surface area contributed by atoms with Gasteiger partial charge in [0.2, 0.25) is 0 Å². The smallest absolute Gasteiger partial charge is 0.253 e. The van der Waals surface area contributed by atoms with E-state index >= 15 is 0 Å². The highest BCUT2D eigenvalue weighted by Crippen LogP contribution is 2.09. The molecular formula is C15H27Cl3N4O. The first kappa shape index (κ1) is 24.5. The average molecular weight is 386 g/mol.